The highest BCUT2D eigenvalue weighted by molar-refractivity contribution is 7.91. The number of carbonyl (C=O) groups is 1. The van der Waals surface area contributed by atoms with Gasteiger partial charge in [-0.3, -0.25) is 4.79 Å². The molecule has 0 saturated carbocycles. The van der Waals surface area contributed by atoms with E-state index in [2.05, 4.69) is 0 Å². The Kier molecular flexibility index (Phi) is 5.53. The Balaban J connectivity index is 1.84. The van der Waals surface area contributed by atoms with Crippen molar-refractivity contribution in [3.63, 3.8) is 0 Å². The van der Waals surface area contributed by atoms with Gasteiger partial charge in [0.2, 0.25) is 0 Å². The quantitative estimate of drug-likeness (QED) is 0.802. The molecule has 2 aromatic carbocycles. The minimum atomic E-state index is -3.40. The first kappa shape index (κ1) is 18.7. The van der Waals surface area contributed by atoms with Gasteiger partial charge in [0.25, 0.3) is 5.91 Å². The largest absolute Gasteiger partial charge is 0.497 e. The third kappa shape index (κ3) is 3.86. The second kappa shape index (κ2) is 7.68. The lowest BCUT2D eigenvalue weighted by atomic mass is 10.1. The van der Waals surface area contributed by atoms with Gasteiger partial charge in [0.1, 0.15) is 5.75 Å². The number of sulfone groups is 1. The van der Waals surface area contributed by atoms with Crippen LogP contribution < -0.4 is 4.74 Å². The van der Waals surface area contributed by atoms with E-state index in [1.54, 1.807) is 53.4 Å². The Bertz CT molecular complexity index is 913. The molecule has 1 heterocycles. The van der Waals surface area contributed by atoms with Crippen LogP contribution in [-0.2, 0) is 9.84 Å². The number of carbonyl (C=O) groups excluding carboxylic acids is 1. The minimum absolute atomic E-state index is 0.0847. The number of hydrogen-bond acceptors (Lipinski definition) is 4. The summed E-state index contributed by atoms with van der Waals surface area (Å²) in [5, 5.41) is -0.257. The summed E-state index contributed by atoms with van der Waals surface area (Å²) in [6.45, 7) is 0.518. The van der Waals surface area contributed by atoms with Crippen molar-refractivity contribution < 1.29 is 17.9 Å². The smallest absolute Gasteiger partial charge is 0.254 e. The summed E-state index contributed by atoms with van der Waals surface area (Å²) in [6, 6.07) is 13.8. The van der Waals surface area contributed by atoms with Gasteiger partial charge in [-0.25, -0.2) is 8.42 Å². The summed E-state index contributed by atoms with van der Waals surface area (Å²) in [7, 11) is -1.86. The zero-order chi connectivity index (χ0) is 18.7. The summed E-state index contributed by atoms with van der Waals surface area (Å²) < 4.78 is 30.6. The highest BCUT2D eigenvalue weighted by atomic mass is 35.5. The van der Waals surface area contributed by atoms with E-state index >= 15 is 0 Å². The van der Waals surface area contributed by atoms with Crippen LogP contribution in [0.5, 0.6) is 5.75 Å². The summed E-state index contributed by atoms with van der Waals surface area (Å²) >= 11 is 6.21. The fraction of sp³-hybridized carbons (Fsp3) is 0.316. The Morgan fingerprint density at radius 1 is 1.15 bits per heavy atom. The number of ether oxygens (including phenoxy) is 1. The van der Waals surface area contributed by atoms with Gasteiger partial charge in [0, 0.05) is 23.7 Å². The average molecular weight is 394 g/mol. The number of methoxy groups -OCH3 is 1. The van der Waals surface area contributed by atoms with Crippen molar-refractivity contribution in [2.75, 3.05) is 26.0 Å². The fourth-order valence-corrected chi connectivity index (χ4v) is 5.32. The van der Waals surface area contributed by atoms with Gasteiger partial charge in [-0.2, -0.15) is 0 Å². The maximum atomic E-state index is 12.8. The van der Waals surface area contributed by atoms with E-state index in [1.807, 2.05) is 0 Å². The van der Waals surface area contributed by atoms with Crippen LogP contribution >= 0.6 is 11.6 Å². The molecule has 1 saturated heterocycles. The number of amides is 1. The SMILES string of the molecule is COc1cccc(C(=O)N2CC[C@@H](c3ccccc3Cl)S(=O)(=O)CC2)c1. The van der Waals surface area contributed by atoms with Gasteiger partial charge in [-0.1, -0.05) is 35.9 Å². The summed E-state index contributed by atoms with van der Waals surface area (Å²) in [6.07, 6.45) is 0.321. The monoisotopic (exact) mass is 393 g/mol. The molecule has 7 heteroatoms. The van der Waals surface area contributed by atoms with Crippen molar-refractivity contribution in [1.82, 2.24) is 4.90 Å². The van der Waals surface area contributed by atoms with Crippen LogP contribution in [0, 0.1) is 0 Å². The lowest BCUT2D eigenvalue weighted by Crippen LogP contribution is -2.33. The van der Waals surface area contributed by atoms with E-state index in [-0.39, 0.29) is 18.2 Å². The van der Waals surface area contributed by atoms with Crippen LogP contribution in [-0.4, -0.2) is 45.2 Å². The van der Waals surface area contributed by atoms with E-state index in [1.165, 1.54) is 7.11 Å². The van der Waals surface area contributed by atoms with E-state index in [0.717, 1.165) is 0 Å². The van der Waals surface area contributed by atoms with Crippen molar-refractivity contribution in [2.24, 2.45) is 0 Å². The summed E-state index contributed by atoms with van der Waals surface area (Å²) in [4.78, 5) is 14.4. The molecular formula is C19H20ClNO4S. The Labute approximate surface area is 158 Å². The predicted molar refractivity (Wildman–Crippen MR) is 101 cm³/mol. The number of halogens is 1. The molecule has 0 N–H and O–H groups in total. The first-order chi connectivity index (χ1) is 12.4. The van der Waals surface area contributed by atoms with E-state index in [0.29, 0.717) is 34.9 Å². The molecule has 1 amide bonds. The summed E-state index contributed by atoms with van der Waals surface area (Å²) in [5.74, 6) is 0.310. The summed E-state index contributed by atoms with van der Waals surface area (Å²) in [5.41, 5.74) is 1.09. The molecular weight excluding hydrogens is 374 g/mol. The average Bonchev–Trinajstić information content (AvgIpc) is 2.80. The Hall–Kier alpha value is -2.05. The number of benzene rings is 2. The number of hydrogen-bond donors (Lipinski definition) is 0. The molecule has 138 valence electrons. The van der Waals surface area contributed by atoms with Crippen molar-refractivity contribution in [1.29, 1.82) is 0 Å². The number of rotatable bonds is 3. The second-order valence-corrected chi connectivity index (χ2v) is 8.90. The lowest BCUT2D eigenvalue weighted by molar-refractivity contribution is 0.0766. The molecule has 1 atom stereocenters. The Morgan fingerprint density at radius 2 is 1.92 bits per heavy atom. The highest BCUT2D eigenvalue weighted by Gasteiger charge is 2.33. The fourth-order valence-electron chi connectivity index (χ4n) is 3.17. The molecule has 0 aromatic heterocycles. The number of nitrogens with zero attached hydrogens (tertiary/aromatic N) is 1. The molecule has 1 aliphatic rings. The topological polar surface area (TPSA) is 63.7 Å². The Morgan fingerprint density at radius 3 is 2.65 bits per heavy atom. The molecule has 5 nitrogen and oxygen atoms in total. The standard InChI is InChI=1S/C19H20ClNO4S/c1-25-15-6-4-5-14(13-15)19(22)21-10-9-18(26(23,24)12-11-21)16-7-2-3-8-17(16)20/h2-8,13,18H,9-12H2,1H3/t18-/m0/s1. The molecule has 1 fully saturated rings. The zero-order valence-corrected chi connectivity index (χ0v) is 16.0. The van der Waals surface area contributed by atoms with Crippen molar-refractivity contribution >= 4 is 27.3 Å². The lowest BCUT2D eigenvalue weighted by Gasteiger charge is -2.20. The van der Waals surface area contributed by atoms with Crippen LogP contribution in [0.25, 0.3) is 0 Å². The van der Waals surface area contributed by atoms with Gasteiger partial charge >= 0.3 is 0 Å². The predicted octanol–water partition coefficient (Wildman–Crippen LogP) is 3.35. The van der Waals surface area contributed by atoms with E-state index in [4.69, 9.17) is 16.3 Å². The van der Waals surface area contributed by atoms with Gasteiger partial charge in [-0.05, 0) is 36.2 Å². The molecule has 26 heavy (non-hydrogen) atoms. The molecule has 3 rings (SSSR count). The maximum absolute atomic E-state index is 12.8. The minimum Gasteiger partial charge on any atom is -0.497 e. The van der Waals surface area contributed by atoms with E-state index in [9.17, 15) is 13.2 Å². The second-order valence-electron chi connectivity index (χ2n) is 6.19. The first-order valence-corrected chi connectivity index (χ1v) is 10.4. The van der Waals surface area contributed by atoms with E-state index < -0.39 is 15.1 Å². The zero-order valence-electron chi connectivity index (χ0n) is 14.4. The van der Waals surface area contributed by atoms with Crippen LogP contribution in [0.4, 0.5) is 0 Å². The first-order valence-electron chi connectivity index (χ1n) is 8.31. The van der Waals surface area contributed by atoms with Crippen molar-refractivity contribution in [3.05, 3.63) is 64.7 Å². The van der Waals surface area contributed by atoms with Gasteiger partial charge in [-0.15, -0.1) is 0 Å². The molecule has 1 aliphatic heterocycles. The van der Waals surface area contributed by atoms with Gasteiger partial charge < -0.3 is 9.64 Å². The van der Waals surface area contributed by atoms with Crippen molar-refractivity contribution in [2.45, 2.75) is 11.7 Å². The molecule has 0 spiro atoms. The molecule has 0 bridgehead atoms. The maximum Gasteiger partial charge on any atom is 0.254 e. The van der Waals surface area contributed by atoms with Crippen LogP contribution in [0.2, 0.25) is 5.02 Å². The molecule has 0 unspecified atom stereocenters. The van der Waals surface area contributed by atoms with Gasteiger partial charge in [0.15, 0.2) is 9.84 Å². The van der Waals surface area contributed by atoms with Gasteiger partial charge in [0.05, 0.1) is 18.1 Å². The van der Waals surface area contributed by atoms with Crippen LogP contribution in [0.1, 0.15) is 27.6 Å². The molecule has 2 aromatic rings. The third-order valence-electron chi connectivity index (χ3n) is 4.60. The molecule has 0 aliphatic carbocycles. The third-order valence-corrected chi connectivity index (χ3v) is 7.05. The van der Waals surface area contributed by atoms with Crippen LogP contribution in [0.15, 0.2) is 48.5 Å². The van der Waals surface area contributed by atoms with Crippen LogP contribution in [0.3, 0.4) is 0 Å². The normalized spacial score (nSPS) is 19.6. The highest BCUT2D eigenvalue weighted by Crippen LogP contribution is 2.34. The van der Waals surface area contributed by atoms with Crippen molar-refractivity contribution in [3.8, 4) is 5.75 Å². The molecule has 0 radical (unpaired) electrons.